The third kappa shape index (κ3) is 3.84. The highest BCUT2D eigenvalue weighted by atomic mass is 32.2. The van der Waals surface area contributed by atoms with Crippen molar-refractivity contribution >= 4 is 23.8 Å². The molecule has 120 valence electrons. The Hall–Kier alpha value is -0.910. The zero-order valence-corrected chi connectivity index (χ0v) is 13.7. The number of nitrogens with zero attached hydrogens (tertiary/aromatic N) is 1. The van der Waals surface area contributed by atoms with Crippen molar-refractivity contribution in [3.63, 3.8) is 0 Å². The summed E-state index contributed by atoms with van der Waals surface area (Å²) < 4.78 is 0. The van der Waals surface area contributed by atoms with Gasteiger partial charge in [0.05, 0.1) is 5.41 Å². The number of amides is 2. The van der Waals surface area contributed by atoms with Crippen LogP contribution in [0.15, 0.2) is 0 Å². The minimum absolute atomic E-state index is 0.0893. The predicted octanol–water partition coefficient (Wildman–Crippen LogP) is 2.56. The van der Waals surface area contributed by atoms with Gasteiger partial charge < -0.3 is 15.3 Å². The monoisotopic (exact) mass is 314 g/mol. The van der Waals surface area contributed by atoms with Crippen molar-refractivity contribution in [1.82, 2.24) is 10.2 Å². The number of carboxylic acids is 1. The van der Waals surface area contributed by atoms with Gasteiger partial charge >= 0.3 is 12.0 Å². The van der Waals surface area contributed by atoms with Crippen LogP contribution in [0.3, 0.4) is 0 Å². The van der Waals surface area contributed by atoms with Crippen LogP contribution in [0.5, 0.6) is 0 Å². The maximum atomic E-state index is 12.4. The number of thioether (sulfide) groups is 1. The maximum absolute atomic E-state index is 12.4. The predicted molar refractivity (Wildman–Crippen MR) is 84.6 cm³/mol. The van der Waals surface area contributed by atoms with Crippen molar-refractivity contribution in [3.8, 4) is 0 Å². The van der Waals surface area contributed by atoms with Crippen LogP contribution in [0.2, 0.25) is 0 Å². The molecule has 0 bridgehead atoms. The van der Waals surface area contributed by atoms with Crippen molar-refractivity contribution < 1.29 is 14.7 Å². The van der Waals surface area contributed by atoms with E-state index in [9.17, 15) is 14.7 Å². The minimum atomic E-state index is -0.810. The Morgan fingerprint density at radius 2 is 2.10 bits per heavy atom. The molecule has 5 nitrogen and oxygen atoms in total. The Morgan fingerprint density at radius 1 is 1.38 bits per heavy atom. The molecule has 2 N–H and O–H groups in total. The van der Waals surface area contributed by atoms with Gasteiger partial charge in [0, 0.05) is 24.4 Å². The standard InChI is InChI=1S/C15H26N2O3S/c1-3-21-12-7-5-4-6-11(12)16-14(20)17-9-8-15(2,10-17)13(18)19/h11-12H,3-10H2,1-2H3,(H,16,20)(H,18,19). The Labute approximate surface area is 130 Å². The highest BCUT2D eigenvalue weighted by molar-refractivity contribution is 7.99. The first-order chi connectivity index (χ1) is 9.96. The van der Waals surface area contributed by atoms with Crippen LogP contribution in [-0.4, -0.2) is 52.1 Å². The molecule has 1 saturated heterocycles. The number of carbonyl (C=O) groups is 2. The second-order valence-electron chi connectivity index (χ2n) is 6.37. The highest BCUT2D eigenvalue weighted by Gasteiger charge is 2.42. The van der Waals surface area contributed by atoms with E-state index in [4.69, 9.17) is 0 Å². The molecule has 2 aliphatic rings. The SMILES string of the molecule is CCSC1CCCCC1NC(=O)N1CCC(C)(C(=O)O)C1. The van der Waals surface area contributed by atoms with Gasteiger partial charge in [-0.1, -0.05) is 19.8 Å². The van der Waals surface area contributed by atoms with Gasteiger partial charge in [0.1, 0.15) is 0 Å². The summed E-state index contributed by atoms with van der Waals surface area (Å²) in [5.74, 6) is 0.257. The van der Waals surface area contributed by atoms with E-state index in [1.165, 1.54) is 12.8 Å². The van der Waals surface area contributed by atoms with Crippen molar-refractivity contribution in [1.29, 1.82) is 0 Å². The fourth-order valence-corrected chi connectivity index (χ4v) is 4.43. The lowest BCUT2D eigenvalue weighted by molar-refractivity contribution is -0.146. The van der Waals surface area contributed by atoms with E-state index in [1.807, 2.05) is 11.8 Å². The number of carboxylic acid groups (broad SMARTS) is 1. The lowest BCUT2D eigenvalue weighted by atomic mass is 9.90. The number of hydrogen-bond acceptors (Lipinski definition) is 3. The smallest absolute Gasteiger partial charge is 0.317 e. The van der Waals surface area contributed by atoms with E-state index < -0.39 is 11.4 Å². The summed E-state index contributed by atoms with van der Waals surface area (Å²) in [6, 6.07) is 0.140. The molecule has 6 heteroatoms. The molecular formula is C15H26N2O3S. The Bertz CT molecular complexity index is 402. The number of hydrogen-bond donors (Lipinski definition) is 2. The van der Waals surface area contributed by atoms with Gasteiger partial charge in [0.2, 0.25) is 0 Å². The van der Waals surface area contributed by atoms with Crippen LogP contribution in [0.25, 0.3) is 0 Å². The molecule has 0 radical (unpaired) electrons. The van der Waals surface area contributed by atoms with Crippen LogP contribution in [0.1, 0.15) is 46.0 Å². The molecule has 1 aliphatic carbocycles. The van der Waals surface area contributed by atoms with Crippen LogP contribution in [0.4, 0.5) is 4.79 Å². The molecule has 21 heavy (non-hydrogen) atoms. The van der Waals surface area contributed by atoms with Gasteiger partial charge in [-0.15, -0.1) is 0 Å². The summed E-state index contributed by atoms with van der Waals surface area (Å²) in [4.78, 5) is 25.3. The third-order valence-corrected chi connectivity index (χ3v) is 5.99. The van der Waals surface area contributed by atoms with Gasteiger partial charge in [-0.3, -0.25) is 4.79 Å². The second kappa shape index (κ2) is 6.90. The summed E-state index contributed by atoms with van der Waals surface area (Å²) >= 11 is 1.92. The maximum Gasteiger partial charge on any atom is 0.317 e. The van der Waals surface area contributed by atoms with Gasteiger partial charge in [-0.05, 0) is 31.9 Å². The molecule has 0 aromatic carbocycles. The van der Waals surface area contributed by atoms with Crippen LogP contribution in [-0.2, 0) is 4.79 Å². The minimum Gasteiger partial charge on any atom is -0.481 e. The molecule has 1 heterocycles. The number of rotatable bonds is 4. The summed E-state index contributed by atoms with van der Waals surface area (Å²) in [6.45, 7) is 4.72. The van der Waals surface area contributed by atoms with E-state index in [0.29, 0.717) is 24.8 Å². The fourth-order valence-electron chi connectivity index (χ4n) is 3.23. The largest absolute Gasteiger partial charge is 0.481 e. The number of carbonyl (C=O) groups excluding carboxylic acids is 1. The first-order valence-corrected chi connectivity index (χ1v) is 8.91. The van der Waals surface area contributed by atoms with E-state index >= 15 is 0 Å². The average Bonchev–Trinajstić information content (AvgIpc) is 2.85. The van der Waals surface area contributed by atoms with Gasteiger partial charge in [0.25, 0.3) is 0 Å². The summed E-state index contributed by atoms with van der Waals surface area (Å²) in [7, 11) is 0. The number of urea groups is 1. The van der Waals surface area contributed by atoms with E-state index in [2.05, 4.69) is 12.2 Å². The lowest BCUT2D eigenvalue weighted by Crippen LogP contribution is -2.49. The molecular weight excluding hydrogens is 288 g/mol. The zero-order valence-electron chi connectivity index (χ0n) is 12.9. The zero-order chi connectivity index (χ0) is 15.5. The highest BCUT2D eigenvalue weighted by Crippen LogP contribution is 2.31. The van der Waals surface area contributed by atoms with Crippen molar-refractivity contribution in [3.05, 3.63) is 0 Å². The van der Waals surface area contributed by atoms with Gasteiger partial charge in [-0.2, -0.15) is 11.8 Å². The number of likely N-dealkylation sites (tertiary alicyclic amines) is 1. The van der Waals surface area contributed by atoms with Gasteiger partial charge in [-0.25, -0.2) is 4.79 Å². The molecule has 2 fully saturated rings. The average molecular weight is 314 g/mol. The number of aliphatic carboxylic acids is 1. The lowest BCUT2D eigenvalue weighted by Gasteiger charge is -2.33. The molecule has 1 saturated carbocycles. The first-order valence-electron chi connectivity index (χ1n) is 7.87. The molecule has 1 aliphatic heterocycles. The summed E-state index contributed by atoms with van der Waals surface area (Å²) in [6.07, 6.45) is 5.14. The first kappa shape index (κ1) is 16.5. The Balaban J connectivity index is 1.90. The molecule has 0 aromatic rings. The third-order valence-electron chi connectivity index (χ3n) is 4.67. The van der Waals surface area contributed by atoms with Crippen molar-refractivity contribution in [2.24, 2.45) is 5.41 Å². The molecule has 3 atom stereocenters. The van der Waals surface area contributed by atoms with Crippen LogP contribution < -0.4 is 5.32 Å². The van der Waals surface area contributed by atoms with Crippen LogP contribution >= 0.6 is 11.8 Å². The number of nitrogens with one attached hydrogen (secondary N) is 1. The van der Waals surface area contributed by atoms with Crippen molar-refractivity contribution in [2.75, 3.05) is 18.8 Å². The quantitative estimate of drug-likeness (QED) is 0.837. The van der Waals surface area contributed by atoms with E-state index in [-0.39, 0.29) is 12.1 Å². The Morgan fingerprint density at radius 3 is 2.71 bits per heavy atom. The Kier molecular flexibility index (Phi) is 5.41. The van der Waals surface area contributed by atoms with Crippen LogP contribution in [0, 0.1) is 5.41 Å². The summed E-state index contributed by atoms with van der Waals surface area (Å²) in [5.41, 5.74) is -0.790. The summed E-state index contributed by atoms with van der Waals surface area (Å²) in [5, 5.41) is 12.9. The fraction of sp³-hybridized carbons (Fsp3) is 0.867. The molecule has 0 aromatic heterocycles. The van der Waals surface area contributed by atoms with E-state index in [0.717, 1.165) is 18.6 Å². The van der Waals surface area contributed by atoms with Gasteiger partial charge in [0.15, 0.2) is 0 Å². The normalized spacial score (nSPS) is 33.0. The molecule has 2 rings (SSSR count). The molecule has 3 unspecified atom stereocenters. The van der Waals surface area contributed by atoms with E-state index in [1.54, 1.807) is 11.8 Å². The topological polar surface area (TPSA) is 69.6 Å². The second-order valence-corrected chi connectivity index (χ2v) is 7.89. The van der Waals surface area contributed by atoms with Crippen molar-refractivity contribution in [2.45, 2.75) is 57.2 Å². The molecule has 0 spiro atoms. The molecule has 2 amide bonds.